The zero-order valence-corrected chi connectivity index (χ0v) is 25.4. The van der Waals surface area contributed by atoms with Crippen LogP contribution in [-0.2, 0) is 16.1 Å². The molecule has 1 spiro atoms. The van der Waals surface area contributed by atoms with Gasteiger partial charge in [0.2, 0.25) is 0 Å². The van der Waals surface area contributed by atoms with Crippen molar-refractivity contribution >= 4 is 40.8 Å². The van der Waals surface area contributed by atoms with Crippen LogP contribution >= 0.6 is 23.4 Å². The number of aliphatic hydroxyl groups excluding tert-OH is 1. The number of aromatic nitrogens is 4. The summed E-state index contributed by atoms with van der Waals surface area (Å²) in [7, 11) is 0. The van der Waals surface area contributed by atoms with Crippen LogP contribution in [0.4, 0.5) is 5.82 Å². The van der Waals surface area contributed by atoms with E-state index in [0.717, 1.165) is 42.1 Å². The Morgan fingerprint density at radius 1 is 1.21 bits per heavy atom. The number of rotatable bonds is 8. The number of nitrogens with two attached hydrogens (primary N) is 1. The fourth-order valence-corrected chi connectivity index (χ4v) is 6.99. The van der Waals surface area contributed by atoms with Crippen LogP contribution in [-0.4, -0.2) is 74.0 Å². The number of carboxylic acid groups (broad SMARTS) is 1. The maximum Gasteiger partial charge on any atom is 0.341 e. The van der Waals surface area contributed by atoms with Crippen LogP contribution in [0, 0.1) is 12.3 Å². The molecule has 43 heavy (non-hydrogen) atoms. The van der Waals surface area contributed by atoms with Gasteiger partial charge >= 0.3 is 5.97 Å². The van der Waals surface area contributed by atoms with Gasteiger partial charge in [-0.25, -0.2) is 19.7 Å². The molecule has 2 fully saturated rings. The van der Waals surface area contributed by atoms with Crippen molar-refractivity contribution < 1.29 is 24.5 Å². The maximum atomic E-state index is 10.7. The van der Waals surface area contributed by atoms with Crippen LogP contribution in [0.3, 0.4) is 0 Å². The molecular formula is C30H33ClN6O5S. The number of anilines is 1. The van der Waals surface area contributed by atoms with Crippen molar-refractivity contribution in [1.29, 1.82) is 0 Å². The van der Waals surface area contributed by atoms with Gasteiger partial charge < -0.3 is 34.7 Å². The highest BCUT2D eigenvalue weighted by molar-refractivity contribution is 7.99. The third-order valence-electron chi connectivity index (χ3n) is 8.38. The number of hydrogen-bond donors (Lipinski definition) is 3. The highest BCUT2D eigenvalue weighted by Crippen LogP contribution is 2.43. The van der Waals surface area contributed by atoms with E-state index >= 15 is 0 Å². The van der Waals surface area contributed by atoms with Gasteiger partial charge in [-0.2, -0.15) is 0 Å². The molecule has 226 valence electrons. The molecule has 2 atom stereocenters. The number of imidazole rings is 1. The Balaban J connectivity index is 1.20. The first-order valence-electron chi connectivity index (χ1n) is 14.1. The van der Waals surface area contributed by atoms with Gasteiger partial charge in [0, 0.05) is 47.4 Å². The number of halogens is 1. The minimum atomic E-state index is -1.03. The summed E-state index contributed by atoms with van der Waals surface area (Å²) in [5.74, 6) is 0.133. The molecule has 0 bridgehead atoms. The van der Waals surface area contributed by atoms with Crippen LogP contribution in [0.15, 0.2) is 52.6 Å². The molecule has 2 aliphatic rings. The van der Waals surface area contributed by atoms with Gasteiger partial charge in [0.25, 0.3) is 0 Å². The topological polar surface area (TPSA) is 148 Å². The van der Waals surface area contributed by atoms with Gasteiger partial charge in [0.1, 0.15) is 16.5 Å². The average molecular weight is 625 g/mol. The summed E-state index contributed by atoms with van der Waals surface area (Å²) in [6.45, 7) is 5.57. The largest absolute Gasteiger partial charge is 0.482 e. The fourth-order valence-electron chi connectivity index (χ4n) is 5.81. The molecule has 0 aliphatic carbocycles. The van der Waals surface area contributed by atoms with Crippen molar-refractivity contribution in [3.8, 4) is 17.0 Å². The second kappa shape index (κ2) is 11.9. The summed E-state index contributed by atoms with van der Waals surface area (Å²) < 4.78 is 12.9. The van der Waals surface area contributed by atoms with Gasteiger partial charge in [-0.15, -0.1) is 0 Å². The summed E-state index contributed by atoms with van der Waals surface area (Å²) in [4.78, 5) is 28.1. The third-order valence-corrected chi connectivity index (χ3v) is 10.0. The lowest BCUT2D eigenvalue weighted by Gasteiger charge is -2.42. The molecule has 13 heteroatoms. The predicted molar refractivity (Wildman–Crippen MR) is 163 cm³/mol. The Morgan fingerprint density at radius 2 is 1.95 bits per heavy atom. The highest BCUT2D eigenvalue weighted by atomic mass is 35.5. The number of nitrogens with zero attached hydrogens (tertiary/aromatic N) is 5. The molecule has 3 aromatic heterocycles. The summed E-state index contributed by atoms with van der Waals surface area (Å²) in [6.07, 6.45) is 5.64. The normalized spacial score (nSPS) is 19.8. The molecule has 11 nitrogen and oxygen atoms in total. The molecule has 4 aromatic rings. The Morgan fingerprint density at radius 3 is 2.60 bits per heavy atom. The summed E-state index contributed by atoms with van der Waals surface area (Å²) >= 11 is 8.23. The van der Waals surface area contributed by atoms with E-state index in [-0.39, 0.29) is 24.2 Å². The number of aliphatic carboxylic acids is 1. The average Bonchev–Trinajstić information content (AvgIpc) is 3.57. The first-order chi connectivity index (χ1) is 20.7. The molecule has 2 saturated heterocycles. The Labute approximate surface area is 258 Å². The molecule has 0 saturated carbocycles. The number of carboxylic acids is 1. The van der Waals surface area contributed by atoms with Crippen molar-refractivity contribution in [2.75, 3.05) is 31.2 Å². The van der Waals surface area contributed by atoms with E-state index in [4.69, 9.17) is 46.9 Å². The van der Waals surface area contributed by atoms with Crippen molar-refractivity contribution in [3.05, 3.63) is 59.1 Å². The monoisotopic (exact) mass is 624 g/mol. The van der Waals surface area contributed by atoms with E-state index in [2.05, 4.69) is 4.90 Å². The molecule has 2 aliphatic heterocycles. The number of fused-ring (bicyclic) bond motifs is 1. The van der Waals surface area contributed by atoms with Crippen LogP contribution < -0.4 is 15.4 Å². The third kappa shape index (κ3) is 5.77. The highest BCUT2D eigenvalue weighted by Gasteiger charge is 2.47. The summed E-state index contributed by atoms with van der Waals surface area (Å²) in [5, 5.41) is 20.2. The number of pyridine rings is 1. The molecular weight excluding hydrogens is 592 g/mol. The van der Waals surface area contributed by atoms with E-state index in [1.54, 1.807) is 12.1 Å². The summed E-state index contributed by atoms with van der Waals surface area (Å²) in [5.41, 5.74) is 9.90. The fraction of sp³-hybridized carbons (Fsp3) is 0.400. The maximum absolute atomic E-state index is 10.7. The number of carbonyl (C=O) groups is 1. The standard InChI is InChI=1S/C30H33ClN6O5S/c1-17-29(35-22(14-38)27(33-17)36-11-8-30(9-12-36)16-42-18(2)26(30)32)43-23-7-10-37-13-21(34-28(37)25(23)31)19-3-5-20(6-4-19)41-15-24(39)40/h3-7,10,13,18,26,38H,8-9,11-12,14-16,32H2,1-2H3,(H,39,40)/t18-,26+/m0/s1. The predicted octanol–water partition coefficient (Wildman–Crippen LogP) is 4.19. The second-order valence-electron chi connectivity index (χ2n) is 11.1. The van der Waals surface area contributed by atoms with Crippen molar-refractivity contribution in [3.63, 3.8) is 0 Å². The Kier molecular flexibility index (Phi) is 8.22. The smallest absolute Gasteiger partial charge is 0.341 e. The first-order valence-corrected chi connectivity index (χ1v) is 15.3. The van der Waals surface area contributed by atoms with Gasteiger partial charge in [-0.3, -0.25) is 0 Å². The number of aryl methyl sites for hydroxylation is 1. The molecule has 6 rings (SSSR count). The second-order valence-corrected chi connectivity index (χ2v) is 12.5. The molecule has 0 amide bonds. The van der Waals surface area contributed by atoms with Gasteiger partial charge in [-0.05, 0) is 57.0 Å². The number of ether oxygens (including phenoxy) is 2. The number of piperidine rings is 1. The van der Waals surface area contributed by atoms with Gasteiger partial charge in [0.15, 0.2) is 18.1 Å². The first kappa shape index (κ1) is 29.6. The molecule has 0 unspecified atom stereocenters. The Hall–Kier alpha value is -3.42. The van der Waals surface area contributed by atoms with Crippen LogP contribution in [0.25, 0.3) is 16.9 Å². The van der Waals surface area contributed by atoms with E-state index < -0.39 is 12.6 Å². The van der Waals surface area contributed by atoms with E-state index in [0.29, 0.717) is 45.3 Å². The van der Waals surface area contributed by atoms with Crippen LogP contribution in [0.1, 0.15) is 31.2 Å². The van der Waals surface area contributed by atoms with Gasteiger partial charge in [-0.1, -0.05) is 23.4 Å². The minimum Gasteiger partial charge on any atom is -0.482 e. The quantitative estimate of drug-likeness (QED) is 0.259. The van der Waals surface area contributed by atoms with Crippen molar-refractivity contribution in [2.24, 2.45) is 11.1 Å². The zero-order chi connectivity index (χ0) is 30.3. The van der Waals surface area contributed by atoms with Gasteiger partial charge in [0.05, 0.1) is 35.7 Å². The number of benzene rings is 1. The number of hydrogen-bond acceptors (Lipinski definition) is 10. The molecule has 5 heterocycles. The lowest BCUT2D eigenvalue weighted by molar-refractivity contribution is -0.139. The van der Waals surface area contributed by atoms with E-state index in [1.165, 1.54) is 11.8 Å². The minimum absolute atomic E-state index is 0.00448. The number of aliphatic hydroxyl groups is 1. The molecule has 1 aromatic carbocycles. The summed E-state index contributed by atoms with van der Waals surface area (Å²) in [6, 6.07) is 8.97. The molecule has 4 N–H and O–H groups in total. The van der Waals surface area contributed by atoms with E-state index in [9.17, 15) is 9.90 Å². The van der Waals surface area contributed by atoms with Crippen LogP contribution in [0.2, 0.25) is 5.02 Å². The van der Waals surface area contributed by atoms with E-state index in [1.807, 2.05) is 48.8 Å². The van der Waals surface area contributed by atoms with Crippen molar-refractivity contribution in [2.45, 2.75) is 55.4 Å². The SMILES string of the molecule is Cc1nc(N2CCC3(CC2)CO[C@@H](C)[C@H]3N)c(CO)nc1Sc1ccn2cc(-c3ccc(OCC(=O)O)cc3)nc2c1Cl. The van der Waals surface area contributed by atoms with Crippen molar-refractivity contribution in [1.82, 2.24) is 19.4 Å². The Bertz CT molecular complexity index is 1660. The van der Waals surface area contributed by atoms with Crippen LogP contribution in [0.5, 0.6) is 5.75 Å². The molecule has 0 radical (unpaired) electrons. The lowest BCUT2D eigenvalue weighted by atomic mass is 9.73. The lowest BCUT2D eigenvalue weighted by Crippen LogP contribution is -2.51. The zero-order valence-electron chi connectivity index (χ0n) is 23.9.